The first-order valence-electron chi connectivity index (χ1n) is 4.82. The van der Waals surface area contributed by atoms with E-state index < -0.39 is 0 Å². The van der Waals surface area contributed by atoms with E-state index in [2.05, 4.69) is 0 Å². The highest BCUT2D eigenvalue weighted by Crippen LogP contribution is 2.21. The average molecular weight is 195 g/mol. The van der Waals surface area contributed by atoms with Gasteiger partial charge in [-0.15, -0.1) is 0 Å². The lowest BCUT2D eigenvalue weighted by molar-refractivity contribution is 0.363. The van der Waals surface area contributed by atoms with Crippen LogP contribution in [-0.4, -0.2) is 9.67 Å². The molecule has 0 aliphatic carbocycles. The molecule has 1 aromatic heterocycles. The summed E-state index contributed by atoms with van der Waals surface area (Å²) in [5.74, 6) is -0.120. The highest BCUT2D eigenvalue weighted by molar-refractivity contribution is 5.27. The number of hydrogen-bond donors (Lipinski definition) is 1. The van der Waals surface area contributed by atoms with Crippen LogP contribution in [0.2, 0.25) is 0 Å². The highest BCUT2D eigenvalue weighted by atomic mass is 16.3. The highest BCUT2D eigenvalue weighted by Gasteiger charge is 2.17. The molecule has 0 amide bonds. The van der Waals surface area contributed by atoms with Crippen LogP contribution in [0.15, 0.2) is 17.1 Å². The summed E-state index contributed by atoms with van der Waals surface area (Å²) in [7, 11) is 0. The summed E-state index contributed by atoms with van der Waals surface area (Å²) < 4.78 is 1.93. The first kappa shape index (κ1) is 10.8. The van der Waals surface area contributed by atoms with Crippen LogP contribution >= 0.6 is 0 Å². The number of pyridine rings is 1. The number of hydrogen-bond acceptors (Lipinski definition) is 2. The summed E-state index contributed by atoms with van der Waals surface area (Å²) in [5.41, 5.74) is 0.281. The lowest BCUT2D eigenvalue weighted by Gasteiger charge is -2.27. The van der Waals surface area contributed by atoms with Crippen molar-refractivity contribution in [2.45, 2.75) is 39.7 Å². The Hall–Kier alpha value is -1.25. The van der Waals surface area contributed by atoms with Crippen LogP contribution in [0.1, 0.15) is 33.4 Å². The molecule has 0 radical (unpaired) electrons. The molecule has 3 heteroatoms. The summed E-state index contributed by atoms with van der Waals surface area (Å²) in [6.07, 6.45) is 2.39. The second-order valence-electron chi connectivity index (χ2n) is 4.37. The standard InChI is InChI=1S/C11H17NO2/c1-5-8-10(14)9(13)6-7-12(8)11(2,3)4/h6-7,14H,5H2,1-4H3. The van der Waals surface area contributed by atoms with Gasteiger partial charge in [0.2, 0.25) is 5.43 Å². The monoisotopic (exact) mass is 195 g/mol. The second-order valence-corrected chi connectivity index (χ2v) is 4.37. The van der Waals surface area contributed by atoms with Crippen LogP contribution in [0.5, 0.6) is 5.75 Å². The third-order valence-electron chi connectivity index (χ3n) is 2.23. The van der Waals surface area contributed by atoms with E-state index in [-0.39, 0.29) is 16.7 Å². The maximum absolute atomic E-state index is 11.2. The topological polar surface area (TPSA) is 42.2 Å². The molecule has 0 saturated heterocycles. The summed E-state index contributed by atoms with van der Waals surface area (Å²) >= 11 is 0. The normalized spacial score (nSPS) is 11.7. The van der Waals surface area contributed by atoms with Crippen molar-refractivity contribution in [3.05, 3.63) is 28.2 Å². The van der Waals surface area contributed by atoms with Gasteiger partial charge in [0.1, 0.15) is 0 Å². The lowest BCUT2D eigenvalue weighted by Crippen LogP contribution is -2.26. The van der Waals surface area contributed by atoms with E-state index in [0.29, 0.717) is 12.1 Å². The third-order valence-corrected chi connectivity index (χ3v) is 2.23. The Bertz CT molecular complexity index is 385. The van der Waals surface area contributed by atoms with Gasteiger partial charge in [0.05, 0.1) is 5.69 Å². The van der Waals surface area contributed by atoms with Gasteiger partial charge in [0, 0.05) is 17.8 Å². The molecule has 0 fully saturated rings. The minimum Gasteiger partial charge on any atom is -0.503 e. The number of aromatic hydroxyl groups is 1. The fraction of sp³-hybridized carbons (Fsp3) is 0.545. The first-order valence-corrected chi connectivity index (χ1v) is 4.82. The summed E-state index contributed by atoms with van der Waals surface area (Å²) in [6.45, 7) is 8.04. The minimum atomic E-state index is -0.303. The fourth-order valence-corrected chi connectivity index (χ4v) is 1.53. The van der Waals surface area contributed by atoms with Crippen molar-refractivity contribution in [2.75, 3.05) is 0 Å². The molecule has 14 heavy (non-hydrogen) atoms. The molecule has 1 N–H and O–H groups in total. The Balaban J connectivity index is 3.47. The molecule has 0 saturated carbocycles. The second kappa shape index (κ2) is 3.48. The van der Waals surface area contributed by atoms with Crippen molar-refractivity contribution in [1.82, 2.24) is 4.57 Å². The van der Waals surface area contributed by atoms with E-state index in [1.54, 1.807) is 6.20 Å². The zero-order valence-corrected chi connectivity index (χ0v) is 9.16. The van der Waals surface area contributed by atoms with Gasteiger partial charge in [0.25, 0.3) is 0 Å². The molecule has 0 bridgehead atoms. The van der Waals surface area contributed by atoms with Gasteiger partial charge >= 0.3 is 0 Å². The molecular weight excluding hydrogens is 178 g/mol. The minimum absolute atomic E-state index is 0.115. The van der Waals surface area contributed by atoms with Gasteiger partial charge in [-0.1, -0.05) is 6.92 Å². The Labute approximate surface area is 84.0 Å². The van der Waals surface area contributed by atoms with Crippen molar-refractivity contribution >= 4 is 0 Å². The van der Waals surface area contributed by atoms with E-state index in [4.69, 9.17) is 0 Å². The van der Waals surface area contributed by atoms with E-state index in [9.17, 15) is 9.90 Å². The molecule has 0 unspecified atom stereocenters. The Morgan fingerprint density at radius 1 is 1.43 bits per heavy atom. The van der Waals surface area contributed by atoms with Crippen LogP contribution in [0.3, 0.4) is 0 Å². The zero-order valence-electron chi connectivity index (χ0n) is 9.16. The van der Waals surface area contributed by atoms with Crippen molar-refractivity contribution in [2.24, 2.45) is 0 Å². The van der Waals surface area contributed by atoms with Crippen molar-refractivity contribution in [3.63, 3.8) is 0 Å². The molecule has 1 aromatic rings. The van der Waals surface area contributed by atoms with Gasteiger partial charge in [-0.25, -0.2) is 0 Å². The predicted molar refractivity (Wildman–Crippen MR) is 56.7 cm³/mol. The molecule has 0 aliphatic heterocycles. The SMILES string of the molecule is CCc1c(O)c(=O)ccn1C(C)(C)C. The largest absolute Gasteiger partial charge is 0.503 e. The summed E-state index contributed by atoms with van der Waals surface area (Å²) in [5, 5.41) is 9.61. The molecule has 0 atom stereocenters. The molecule has 0 aromatic carbocycles. The van der Waals surface area contributed by atoms with Crippen LogP contribution < -0.4 is 5.43 Å². The van der Waals surface area contributed by atoms with Crippen molar-refractivity contribution in [1.29, 1.82) is 0 Å². The van der Waals surface area contributed by atoms with Crippen molar-refractivity contribution in [3.8, 4) is 5.75 Å². The van der Waals surface area contributed by atoms with E-state index >= 15 is 0 Å². The molecule has 78 valence electrons. The molecule has 0 spiro atoms. The Morgan fingerprint density at radius 3 is 2.43 bits per heavy atom. The maximum Gasteiger partial charge on any atom is 0.223 e. The van der Waals surface area contributed by atoms with Crippen LogP contribution in [0, 0.1) is 0 Å². The number of rotatable bonds is 1. The van der Waals surface area contributed by atoms with Crippen LogP contribution in [0.25, 0.3) is 0 Å². The predicted octanol–water partition coefficient (Wildman–Crippen LogP) is 1.87. The summed E-state index contributed by atoms with van der Waals surface area (Å²) in [6, 6.07) is 1.40. The molecule has 1 heterocycles. The zero-order chi connectivity index (χ0) is 10.9. The maximum atomic E-state index is 11.2. The number of aromatic nitrogens is 1. The van der Waals surface area contributed by atoms with E-state index in [0.717, 1.165) is 0 Å². The molecule has 3 nitrogen and oxygen atoms in total. The van der Waals surface area contributed by atoms with Crippen LogP contribution in [0.4, 0.5) is 0 Å². The molecule has 0 aliphatic rings. The fourth-order valence-electron chi connectivity index (χ4n) is 1.53. The third kappa shape index (κ3) is 1.81. The lowest BCUT2D eigenvalue weighted by atomic mass is 10.1. The first-order chi connectivity index (χ1) is 6.38. The Morgan fingerprint density at radius 2 is 2.00 bits per heavy atom. The quantitative estimate of drug-likeness (QED) is 0.743. The number of nitrogens with zero attached hydrogens (tertiary/aromatic N) is 1. The van der Waals surface area contributed by atoms with Gasteiger partial charge in [0.15, 0.2) is 5.75 Å². The van der Waals surface area contributed by atoms with Gasteiger partial charge < -0.3 is 9.67 Å². The van der Waals surface area contributed by atoms with Gasteiger partial charge in [-0.3, -0.25) is 4.79 Å². The smallest absolute Gasteiger partial charge is 0.223 e. The van der Waals surface area contributed by atoms with E-state index in [1.165, 1.54) is 6.07 Å². The van der Waals surface area contributed by atoms with Gasteiger partial charge in [-0.2, -0.15) is 0 Å². The van der Waals surface area contributed by atoms with Crippen molar-refractivity contribution < 1.29 is 5.11 Å². The summed E-state index contributed by atoms with van der Waals surface area (Å²) in [4.78, 5) is 11.2. The Kier molecular flexibility index (Phi) is 2.69. The average Bonchev–Trinajstić information content (AvgIpc) is 2.07. The molecule has 1 rings (SSSR count). The molecular formula is C11H17NO2. The van der Waals surface area contributed by atoms with Gasteiger partial charge in [-0.05, 0) is 27.2 Å². The van der Waals surface area contributed by atoms with Crippen LogP contribution in [-0.2, 0) is 12.0 Å². The van der Waals surface area contributed by atoms with E-state index in [1.807, 2.05) is 32.3 Å².